The van der Waals surface area contributed by atoms with E-state index in [-0.39, 0.29) is 23.9 Å². The molecule has 2 heterocycles. The molecule has 0 bridgehead atoms. The van der Waals surface area contributed by atoms with E-state index in [4.69, 9.17) is 16.3 Å². The number of nitro groups is 1. The molecule has 0 saturated carbocycles. The van der Waals surface area contributed by atoms with Crippen molar-refractivity contribution in [2.45, 2.75) is 13.3 Å². The molecule has 2 aromatic heterocycles. The number of hydrogen-bond acceptors (Lipinski definition) is 6. The van der Waals surface area contributed by atoms with Gasteiger partial charge in [-0.15, -0.1) is 0 Å². The van der Waals surface area contributed by atoms with Gasteiger partial charge in [0, 0.05) is 23.5 Å². The number of halogens is 1. The van der Waals surface area contributed by atoms with Gasteiger partial charge in [0.15, 0.2) is 18.2 Å². The van der Waals surface area contributed by atoms with Gasteiger partial charge >= 0.3 is 5.69 Å². The number of para-hydroxylation sites is 2. The number of nitro benzene ring substituents is 1. The second-order valence-electron chi connectivity index (χ2n) is 6.71. The number of benzene rings is 2. The van der Waals surface area contributed by atoms with Gasteiger partial charge in [-0.2, -0.15) is 10.2 Å². The zero-order valence-electron chi connectivity index (χ0n) is 16.6. The van der Waals surface area contributed by atoms with E-state index in [1.54, 1.807) is 35.3 Å². The Kier molecular flexibility index (Phi) is 6.13. The van der Waals surface area contributed by atoms with Crippen LogP contribution in [0.4, 0.5) is 11.4 Å². The second kappa shape index (κ2) is 9.31. The zero-order chi connectivity index (χ0) is 22.5. The zero-order valence-corrected chi connectivity index (χ0v) is 17.3. The van der Waals surface area contributed by atoms with E-state index in [0.717, 1.165) is 5.56 Å². The summed E-state index contributed by atoms with van der Waals surface area (Å²) in [4.78, 5) is 23.0. The molecule has 0 atom stereocenters. The molecule has 4 rings (SSSR count). The van der Waals surface area contributed by atoms with Crippen molar-refractivity contribution >= 4 is 28.9 Å². The van der Waals surface area contributed by atoms with Crippen molar-refractivity contribution in [1.82, 2.24) is 19.6 Å². The molecule has 4 aromatic rings. The molecule has 10 nitrogen and oxygen atoms in total. The quantitative estimate of drug-likeness (QED) is 0.319. The van der Waals surface area contributed by atoms with Crippen LogP contribution in [0.15, 0.2) is 73.2 Å². The van der Waals surface area contributed by atoms with Crippen LogP contribution in [0, 0.1) is 10.1 Å². The summed E-state index contributed by atoms with van der Waals surface area (Å²) in [6.07, 6.45) is 4.77. The fourth-order valence-corrected chi connectivity index (χ4v) is 3.13. The van der Waals surface area contributed by atoms with Crippen LogP contribution in [-0.2, 0) is 13.3 Å². The predicted molar refractivity (Wildman–Crippen MR) is 117 cm³/mol. The molecule has 11 heteroatoms. The smallest absolute Gasteiger partial charge is 0.311 e. The Hall–Kier alpha value is -4.18. The van der Waals surface area contributed by atoms with Crippen molar-refractivity contribution in [1.29, 1.82) is 0 Å². The molecule has 0 radical (unpaired) electrons. The molecule has 162 valence electrons. The number of ether oxygens (including phenoxy) is 1. The van der Waals surface area contributed by atoms with E-state index < -0.39 is 10.8 Å². The van der Waals surface area contributed by atoms with Crippen LogP contribution < -0.4 is 10.1 Å². The van der Waals surface area contributed by atoms with Gasteiger partial charge in [-0.1, -0.05) is 41.9 Å². The lowest BCUT2D eigenvalue weighted by molar-refractivity contribution is -0.386. The molecule has 0 aliphatic rings. The third-order valence-corrected chi connectivity index (χ3v) is 4.84. The molecule has 0 saturated heterocycles. The molecular weight excluding hydrogens is 436 g/mol. The highest BCUT2D eigenvalue weighted by Gasteiger charge is 2.15. The van der Waals surface area contributed by atoms with E-state index in [9.17, 15) is 14.9 Å². The van der Waals surface area contributed by atoms with Crippen LogP contribution in [0.1, 0.15) is 16.1 Å². The molecule has 0 fully saturated rings. The second-order valence-corrected chi connectivity index (χ2v) is 7.12. The first-order chi connectivity index (χ1) is 15.5. The van der Waals surface area contributed by atoms with Crippen LogP contribution in [0.25, 0.3) is 0 Å². The first-order valence-corrected chi connectivity index (χ1v) is 9.84. The minimum atomic E-state index is -0.525. The summed E-state index contributed by atoms with van der Waals surface area (Å²) >= 11 is 6.17. The Morgan fingerprint density at radius 3 is 2.72 bits per heavy atom. The molecule has 32 heavy (non-hydrogen) atoms. The van der Waals surface area contributed by atoms with Crippen LogP contribution in [-0.4, -0.2) is 30.4 Å². The Morgan fingerprint density at radius 2 is 1.91 bits per heavy atom. The van der Waals surface area contributed by atoms with E-state index in [1.165, 1.54) is 29.1 Å². The predicted octanol–water partition coefficient (Wildman–Crippen LogP) is 3.98. The minimum absolute atomic E-state index is 0.0894. The molecular formula is C21H17ClN6O4. The minimum Gasteiger partial charge on any atom is -0.464 e. The van der Waals surface area contributed by atoms with Crippen LogP contribution in [0.3, 0.4) is 0 Å². The summed E-state index contributed by atoms with van der Waals surface area (Å²) in [5.41, 5.74) is 1.43. The Labute approximate surface area is 187 Å². The fraction of sp³-hybridized carbons (Fsp3) is 0.0952. The maximum absolute atomic E-state index is 12.5. The molecule has 2 aromatic carbocycles. The van der Waals surface area contributed by atoms with Gasteiger partial charge in [-0.05, 0) is 23.8 Å². The third kappa shape index (κ3) is 4.93. The Balaban J connectivity index is 1.36. The standard InChI is InChI=1S/C21H17ClN6O4/c22-17-6-2-1-5-15(17)12-27-13-16(11-23-27)24-21(29)18-9-10-26(25-18)14-32-20-8-4-3-7-19(20)28(30)31/h1-11,13H,12,14H2,(H,24,29). The topological polar surface area (TPSA) is 117 Å². The number of amides is 1. The van der Waals surface area contributed by atoms with Gasteiger partial charge in [0.05, 0.1) is 23.4 Å². The number of carbonyl (C=O) groups excluding carboxylic acids is 1. The lowest BCUT2D eigenvalue weighted by atomic mass is 10.2. The average molecular weight is 453 g/mol. The number of carbonyl (C=O) groups is 1. The normalized spacial score (nSPS) is 10.7. The third-order valence-electron chi connectivity index (χ3n) is 4.47. The highest BCUT2D eigenvalue weighted by atomic mass is 35.5. The van der Waals surface area contributed by atoms with Crippen LogP contribution in [0.2, 0.25) is 5.02 Å². The highest BCUT2D eigenvalue weighted by Crippen LogP contribution is 2.26. The lowest BCUT2D eigenvalue weighted by Crippen LogP contribution is -2.14. The SMILES string of the molecule is O=C(Nc1cnn(Cc2ccccc2Cl)c1)c1ccn(COc2ccccc2[N+](=O)[O-])n1. The van der Waals surface area contributed by atoms with E-state index in [1.807, 2.05) is 18.2 Å². The molecule has 1 amide bonds. The number of aromatic nitrogens is 4. The molecule has 0 aliphatic carbocycles. The number of rotatable bonds is 8. The Morgan fingerprint density at radius 1 is 1.12 bits per heavy atom. The Bertz CT molecular complexity index is 1270. The number of anilines is 1. The van der Waals surface area contributed by atoms with Crippen molar-refractivity contribution in [3.8, 4) is 5.75 Å². The lowest BCUT2D eigenvalue weighted by Gasteiger charge is -2.06. The van der Waals surface area contributed by atoms with Gasteiger partial charge in [0.2, 0.25) is 0 Å². The van der Waals surface area contributed by atoms with Crippen LogP contribution >= 0.6 is 11.6 Å². The van der Waals surface area contributed by atoms with E-state index in [2.05, 4.69) is 15.5 Å². The van der Waals surface area contributed by atoms with Gasteiger partial charge in [-0.3, -0.25) is 19.6 Å². The van der Waals surface area contributed by atoms with E-state index in [0.29, 0.717) is 17.3 Å². The van der Waals surface area contributed by atoms with Crippen molar-refractivity contribution in [2.24, 2.45) is 0 Å². The summed E-state index contributed by atoms with van der Waals surface area (Å²) in [7, 11) is 0. The highest BCUT2D eigenvalue weighted by molar-refractivity contribution is 6.31. The summed E-state index contributed by atoms with van der Waals surface area (Å²) < 4.78 is 8.50. The van der Waals surface area contributed by atoms with Gasteiger partial charge in [-0.25, -0.2) is 4.68 Å². The monoisotopic (exact) mass is 452 g/mol. The first kappa shape index (κ1) is 21.1. The summed E-state index contributed by atoms with van der Waals surface area (Å²) in [6, 6.07) is 15.0. The summed E-state index contributed by atoms with van der Waals surface area (Å²) in [5.74, 6) is -0.309. The summed E-state index contributed by atoms with van der Waals surface area (Å²) in [5, 5.41) is 22.8. The molecule has 1 N–H and O–H groups in total. The van der Waals surface area contributed by atoms with Crippen LogP contribution in [0.5, 0.6) is 5.75 Å². The number of nitrogens with one attached hydrogen (secondary N) is 1. The maximum Gasteiger partial charge on any atom is 0.311 e. The first-order valence-electron chi connectivity index (χ1n) is 9.46. The van der Waals surface area contributed by atoms with Gasteiger partial charge in [0.1, 0.15) is 0 Å². The summed E-state index contributed by atoms with van der Waals surface area (Å²) in [6.45, 7) is 0.376. The van der Waals surface area contributed by atoms with Crippen molar-refractivity contribution in [2.75, 3.05) is 5.32 Å². The van der Waals surface area contributed by atoms with Crippen molar-refractivity contribution in [3.05, 3.63) is 99.6 Å². The fourth-order valence-electron chi connectivity index (χ4n) is 2.93. The van der Waals surface area contributed by atoms with Gasteiger partial charge < -0.3 is 10.1 Å². The van der Waals surface area contributed by atoms with Crippen molar-refractivity contribution < 1.29 is 14.5 Å². The molecule has 0 unspecified atom stereocenters. The maximum atomic E-state index is 12.5. The van der Waals surface area contributed by atoms with Gasteiger partial charge in [0.25, 0.3) is 5.91 Å². The molecule has 0 spiro atoms. The van der Waals surface area contributed by atoms with Crippen molar-refractivity contribution in [3.63, 3.8) is 0 Å². The van der Waals surface area contributed by atoms with E-state index >= 15 is 0 Å². The number of hydrogen-bond donors (Lipinski definition) is 1. The largest absolute Gasteiger partial charge is 0.464 e. The average Bonchev–Trinajstić information content (AvgIpc) is 3.44. The number of nitrogens with zero attached hydrogens (tertiary/aromatic N) is 5. The molecule has 0 aliphatic heterocycles.